The molecule has 0 bridgehead atoms. The summed E-state index contributed by atoms with van der Waals surface area (Å²) in [5.41, 5.74) is 1.13. The molecule has 0 fully saturated rings. The summed E-state index contributed by atoms with van der Waals surface area (Å²) in [6, 6.07) is 9.03. The lowest BCUT2D eigenvalue weighted by Crippen LogP contribution is -2.36. The summed E-state index contributed by atoms with van der Waals surface area (Å²) in [7, 11) is -2.38. The molecule has 0 heterocycles. The molecule has 140 valence electrons. The zero-order chi connectivity index (χ0) is 19.3. The monoisotopic (exact) mass is 380 g/mol. The molecule has 0 spiro atoms. The Bertz CT molecular complexity index is 883. The predicted molar refractivity (Wildman–Crippen MR) is 97.2 cm³/mol. The number of carbonyl (C=O) groups is 1. The number of hydrogen-bond acceptors (Lipinski definition) is 4. The minimum absolute atomic E-state index is 0.0584. The Morgan fingerprint density at radius 1 is 1.19 bits per heavy atom. The molecule has 0 aromatic heterocycles. The number of nitrogens with one attached hydrogen (secondary N) is 2. The summed E-state index contributed by atoms with van der Waals surface area (Å²) in [6.45, 7) is 3.85. The molecule has 0 saturated heterocycles. The van der Waals surface area contributed by atoms with Gasteiger partial charge in [0, 0.05) is 24.4 Å². The van der Waals surface area contributed by atoms with Crippen molar-refractivity contribution >= 4 is 21.6 Å². The molecule has 2 rings (SSSR count). The quantitative estimate of drug-likeness (QED) is 0.774. The molecule has 0 radical (unpaired) electrons. The highest BCUT2D eigenvalue weighted by molar-refractivity contribution is 7.92. The molecule has 0 unspecified atom stereocenters. The predicted octanol–water partition coefficient (Wildman–Crippen LogP) is 2.70. The van der Waals surface area contributed by atoms with Gasteiger partial charge >= 0.3 is 0 Å². The highest BCUT2D eigenvalue weighted by Crippen LogP contribution is 2.19. The Labute approximate surface area is 152 Å². The van der Waals surface area contributed by atoms with E-state index in [9.17, 15) is 17.6 Å². The van der Waals surface area contributed by atoms with Gasteiger partial charge < -0.3 is 10.1 Å². The third kappa shape index (κ3) is 5.03. The van der Waals surface area contributed by atoms with E-state index in [1.54, 1.807) is 19.9 Å². The molecule has 2 aromatic rings. The van der Waals surface area contributed by atoms with E-state index >= 15 is 0 Å². The van der Waals surface area contributed by atoms with Crippen molar-refractivity contribution in [3.8, 4) is 0 Å². The van der Waals surface area contributed by atoms with Crippen LogP contribution in [-0.4, -0.2) is 34.1 Å². The maximum Gasteiger partial charge on any atom is 0.261 e. The first-order valence-electron chi connectivity index (χ1n) is 7.92. The van der Waals surface area contributed by atoms with E-state index in [4.69, 9.17) is 4.74 Å². The van der Waals surface area contributed by atoms with Crippen LogP contribution in [0.15, 0.2) is 47.4 Å². The van der Waals surface area contributed by atoms with Crippen LogP contribution in [0.2, 0.25) is 0 Å². The van der Waals surface area contributed by atoms with Crippen LogP contribution < -0.4 is 10.0 Å². The van der Waals surface area contributed by atoms with Crippen molar-refractivity contribution in [2.45, 2.75) is 24.8 Å². The molecule has 0 aliphatic heterocycles. The maximum absolute atomic E-state index is 13.0. The molecular weight excluding hydrogens is 359 g/mol. The van der Waals surface area contributed by atoms with Gasteiger partial charge in [-0.15, -0.1) is 0 Å². The molecular formula is C18H21FN2O4S. The first-order valence-corrected chi connectivity index (χ1v) is 9.40. The van der Waals surface area contributed by atoms with Crippen molar-refractivity contribution in [1.82, 2.24) is 5.32 Å². The number of benzene rings is 2. The number of ether oxygens (including phenoxy) is 1. The first kappa shape index (κ1) is 19.9. The molecule has 0 aliphatic carbocycles. The molecule has 0 saturated carbocycles. The van der Waals surface area contributed by atoms with Crippen LogP contribution in [0.4, 0.5) is 10.1 Å². The van der Waals surface area contributed by atoms with Crippen molar-refractivity contribution < 1.29 is 22.3 Å². The van der Waals surface area contributed by atoms with E-state index < -0.39 is 15.8 Å². The van der Waals surface area contributed by atoms with Crippen molar-refractivity contribution in [2.75, 3.05) is 18.4 Å². The van der Waals surface area contributed by atoms with Crippen LogP contribution in [0.1, 0.15) is 22.8 Å². The summed E-state index contributed by atoms with van der Waals surface area (Å²) in [5, 5.41) is 2.75. The average molecular weight is 380 g/mol. The number of halogens is 1. The third-order valence-electron chi connectivity index (χ3n) is 3.65. The van der Waals surface area contributed by atoms with Crippen molar-refractivity contribution in [1.29, 1.82) is 0 Å². The summed E-state index contributed by atoms with van der Waals surface area (Å²) in [4.78, 5) is 12.3. The fraction of sp³-hybridized carbons (Fsp3) is 0.278. The lowest BCUT2D eigenvalue weighted by atomic mass is 10.1. The van der Waals surface area contributed by atoms with E-state index in [0.717, 1.165) is 12.1 Å². The summed E-state index contributed by atoms with van der Waals surface area (Å²) < 4.78 is 45.4. The van der Waals surface area contributed by atoms with Gasteiger partial charge in [0.25, 0.3) is 15.9 Å². The van der Waals surface area contributed by atoms with Crippen LogP contribution in [0, 0.1) is 12.7 Å². The van der Waals surface area contributed by atoms with Crippen molar-refractivity contribution in [2.24, 2.45) is 0 Å². The van der Waals surface area contributed by atoms with Crippen LogP contribution in [0.25, 0.3) is 0 Å². The SMILES string of the molecule is COC[C@H](C)NC(=O)c1cc(S(=O)(=O)Nc2ccc(F)cc2)ccc1C. The van der Waals surface area contributed by atoms with Crippen LogP contribution in [0.3, 0.4) is 0 Å². The number of aryl methyl sites for hydroxylation is 1. The van der Waals surface area contributed by atoms with Crippen molar-refractivity contribution in [3.63, 3.8) is 0 Å². The molecule has 6 nitrogen and oxygen atoms in total. The highest BCUT2D eigenvalue weighted by atomic mass is 32.2. The Morgan fingerprint density at radius 3 is 2.46 bits per heavy atom. The normalized spacial score (nSPS) is 12.5. The Balaban J connectivity index is 2.26. The standard InChI is InChI=1S/C18H21FN2O4S/c1-12-4-9-16(10-17(12)18(22)20-13(2)11-25-3)26(23,24)21-15-7-5-14(19)6-8-15/h4-10,13,21H,11H2,1-3H3,(H,20,22)/t13-/m0/s1. The van der Waals surface area contributed by atoms with Crippen LogP contribution >= 0.6 is 0 Å². The minimum Gasteiger partial charge on any atom is -0.383 e. The summed E-state index contributed by atoms with van der Waals surface area (Å²) in [6.07, 6.45) is 0. The highest BCUT2D eigenvalue weighted by Gasteiger charge is 2.19. The molecule has 26 heavy (non-hydrogen) atoms. The van der Waals surface area contributed by atoms with E-state index in [0.29, 0.717) is 12.2 Å². The van der Waals surface area contributed by atoms with Gasteiger partial charge in [-0.2, -0.15) is 0 Å². The Kier molecular flexibility index (Phi) is 6.33. The van der Waals surface area contributed by atoms with E-state index in [2.05, 4.69) is 10.0 Å². The van der Waals surface area contributed by atoms with Gasteiger partial charge in [0.2, 0.25) is 0 Å². The van der Waals surface area contributed by atoms with Gasteiger partial charge in [0.05, 0.1) is 11.5 Å². The Hall–Kier alpha value is -2.45. The van der Waals surface area contributed by atoms with Crippen molar-refractivity contribution in [3.05, 3.63) is 59.4 Å². The fourth-order valence-electron chi connectivity index (χ4n) is 2.34. The smallest absolute Gasteiger partial charge is 0.261 e. The number of anilines is 1. The van der Waals surface area contributed by atoms with E-state index in [1.165, 1.54) is 31.4 Å². The summed E-state index contributed by atoms with van der Waals surface area (Å²) >= 11 is 0. The van der Waals surface area contributed by atoms with Gasteiger partial charge in [0.15, 0.2) is 0 Å². The topological polar surface area (TPSA) is 84.5 Å². The zero-order valence-electron chi connectivity index (χ0n) is 14.7. The number of amides is 1. The number of hydrogen-bond donors (Lipinski definition) is 2. The van der Waals surface area contributed by atoms with Crippen LogP contribution in [0.5, 0.6) is 0 Å². The van der Waals surface area contributed by atoms with Gasteiger partial charge in [-0.1, -0.05) is 6.07 Å². The third-order valence-corrected chi connectivity index (χ3v) is 5.03. The fourth-order valence-corrected chi connectivity index (χ4v) is 3.42. The molecule has 0 aliphatic rings. The van der Waals surface area contributed by atoms with Gasteiger partial charge in [-0.25, -0.2) is 12.8 Å². The van der Waals surface area contributed by atoms with Gasteiger partial charge in [-0.05, 0) is 55.8 Å². The lowest BCUT2D eigenvalue weighted by molar-refractivity contribution is 0.0904. The number of carbonyl (C=O) groups excluding carboxylic acids is 1. The summed E-state index contributed by atoms with van der Waals surface area (Å²) in [5.74, 6) is -0.849. The molecule has 2 aromatic carbocycles. The zero-order valence-corrected chi connectivity index (χ0v) is 15.6. The van der Waals surface area contributed by atoms with Gasteiger partial charge in [-0.3, -0.25) is 9.52 Å². The second-order valence-corrected chi connectivity index (χ2v) is 7.60. The van der Waals surface area contributed by atoms with Crippen LogP contribution in [-0.2, 0) is 14.8 Å². The number of rotatable bonds is 7. The second kappa shape index (κ2) is 8.29. The van der Waals surface area contributed by atoms with E-state index in [-0.39, 0.29) is 28.1 Å². The minimum atomic E-state index is -3.91. The first-order chi connectivity index (χ1) is 12.2. The number of sulfonamides is 1. The average Bonchev–Trinajstić information content (AvgIpc) is 2.57. The maximum atomic E-state index is 13.0. The molecule has 8 heteroatoms. The second-order valence-electron chi connectivity index (χ2n) is 5.92. The Morgan fingerprint density at radius 2 is 1.85 bits per heavy atom. The van der Waals surface area contributed by atoms with E-state index in [1.807, 2.05) is 0 Å². The number of methoxy groups -OCH3 is 1. The molecule has 1 amide bonds. The van der Waals surface area contributed by atoms with Gasteiger partial charge in [0.1, 0.15) is 5.82 Å². The lowest BCUT2D eigenvalue weighted by Gasteiger charge is -2.15. The largest absolute Gasteiger partial charge is 0.383 e. The molecule has 1 atom stereocenters. The molecule has 2 N–H and O–H groups in total.